The zero-order chi connectivity index (χ0) is 13.2. The van der Waals surface area contributed by atoms with Gasteiger partial charge in [0.1, 0.15) is 10.7 Å². The Labute approximate surface area is 110 Å². The third-order valence-electron chi connectivity index (χ3n) is 2.77. The van der Waals surface area contributed by atoms with Crippen molar-refractivity contribution in [3.8, 4) is 0 Å². The first-order valence-electron chi connectivity index (χ1n) is 5.50. The highest BCUT2D eigenvalue weighted by atomic mass is 35.7. The maximum Gasteiger partial charge on any atom is 0.264 e. The van der Waals surface area contributed by atoms with Crippen molar-refractivity contribution in [1.82, 2.24) is 4.90 Å². The molecule has 0 saturated carbocycles. The minimum absolute atomic E-state index is 0.477. The van der Waals surface area contributed by atoms with Crippen LogP contribution in [-0.4, -0.2) is 39.6 Å². The van der Waals surface area contributed by atoms with E-state index in [0.717, 1.165) is 18.7 Å². The predicted molar refractivity (Wildman–Crippen MR) is 65.5 cm³/mol. The molecule has 1 aromatic carbocycles. The molecule has 0 N–H and O–H groups in total. The molecule has 1 aromatic rings. The summed E-state index contributed by atoms with van der Waals surface area (Å²) in [6.07, 6.45) is 0. The van der Waals surface area contributed by atoms with Gasteiger partial charge in [-0.3, -0.25) is 4.90 Å². The normalized spacial score (nSPS) is 17.9. The molecule has 1 heterocycles. The highest BCUT2D eigenvalue weighted by Gasteiger charge is 2.17. The van der Waals surface area contributed by atoms with E-state index in [-0.39, 0.29) is 0 Å². The lowest BCUT2D eigenvalue weighted by atomic mass is 10.2. The maximum atomic E-state index is 13.6. The van der Waals surface area contributed by atoms with Crippen LogP contribution in [0.4, 0.5) is 4.39 Å². The van der Waals surface area contributed by atoms with Gasteiger partial charge in [-0.2, -0.15) is 0 Å². The van der Waals surface area contributed by atoms with Crippen LogP contribution in [0, 0.1) is 5.82 Å². The fourth-order valence-electron chi connectivity index (χ4n) is 1.86. The lowest BCUT2D eigenvalue weighted by Gasteiger charge is -2.26. The van der Waals surface area contributed by atoms with Crippen molar-refractivity contribution in [1.29, 1.82) is 0 Å². The van der Waals surface area contributed by atoms with E-state index in [4.69, 9.17) is 15.4 Å². The Morgan fingerprint density at radius 2 is 2.00 bits per heavy atom. The van der Waals surface area contributed by atoms with Crippen LogP contribution in [0.1, 0.15) is 5.56 Å². The van der Waals surface area contributed by atoms with Gasteiger partial charge in [0.2, 0.25) is 0 Å². The SMILES string of the molecule is O=S(=O)(Cl)c1ccc(CN2CCOCC2)cc1F. The van der Waals surface area contributed by atoms with Gasteiger partial charge in [0.25, 0.3) is 9.05 Å². The average Bonchev–Trinajstić information content (AvgIpc) is 2.28. The van der Waals surface area contributed by atoms with Crippen LogP contribution in [0.15, 0.2) is 23.1 Å². The highest BCUT2D eigenvalue weighted by Crippen LogP contribution is 2.20. The summed E-state index contributed by atoms with van der Waals surface area (Å²) in [5.74, 6) is -0.809. The van der Waals surface area contributed by atoms with Gasteiger partial charge < -0.3 is 4.74 Å². The monoisotopic (exact) mass is 293 g/mol. The highest BCUT2D eigenvalue weighted by molar-refractivity contribution is 8.13. The molecule has 0 radical (unpaired) electrons. The van der Waals surface area contributed by atoms with Crippen LogP contribution in [-0.2, 0) is 20.3 Å². The molecule has 7 heteroatoms. The summed E-state index contributed by atoms with van der Waals surface area (Å²) in [5.41, 5.74) is 0.721. The standard InChI is InChI=1S/C11H13ClFNO3S/c12-18(15,16)11-2-1-9(7-10(11)13)8-14-3-5-17-6-4-14/h1-2,7H,3-6,8H2. The molecule has 1 aliphatic heterocycles. The fourth-order valence-corrected chi connectivity index (χ4v) is 2.76. The van der Waals surface area contributed by atoms with Crippen LogP contribution >= 0.6 is 10.7 Å². The van der Waals surface area contributed by atoms with E-state index in [1.165, 1.54) is 12.1 Å². The molecule has 0 amide bonds. The summed E-state index contributed by atoms with van der Waals surface area (Å²) in [4.78, 5) is 1.64. The number of ether oxygens (including phenoxy) is 1. The first-order chi connectivity index (χ1) is 8.47. The Balaban J connectivity index is 2.13. The van der Waals surface area contributed by atoms with Gasteiger partial charge in [-0.05, 0) is 17.7 Å². The summed E-state index contributed by atoms with van der Waals surface area (Å²) in [6.45, 7) is 3.48. The number of hydrogen-bond acceptors (Lipinski definition) is 4. The zero-order valence-corrected chi connectivity index (χ0v) is 11.2. The zero-order valence-electron chi connectivity index (χ0n) is 9.60. The molecule has 0 spiro atoms. The van der Waals surface area contributed by atoms with E-state index < -0.39 is 19.8 Å². The minimum atomic E-state index is -4.02. The minimum Gasteiger partial charge on any atom is -0.379 e. The number of benzene rings is 1. The second kappa shape index (κ2) is 5.52. The smallest absolute Gasteiger partial charge is 0.264 e. The van der Waals surface area contributed by atoms with Crippen LogP contribution in [0.5, 0.6) is 0 Å². The lowest BCUT2D eigenvalue weighted by Crippen LogP contribution is -2.35. The summed E-state index contributed by atoms with van der Waals surface area (Å²) >= 11 is 0. The molecule has 1 fully saturated rings. The predicted octanol–water partition coefficient (Wildman–Crippen LogP) is 1.59. The van der Waals surface area contributed by atoms with Crippen LogP contribution in [0.2, 0.25) is 0 Å². The molecule has 1 saturated heterocycles. The molecule has 1 aliphatic rings. The van der Waals surface area contributed by atoms with Crippen molar-refractivity contribution in [3.05, 3.63) is 29.6 Å². The van der Waals surface area contributed by atoms with Gasteiger partial charge in [-0.1, -0.05) is 6.07 Å². The first-order valence-corrected chi connectivity index (χ1v) is 7.81. The summed E-state index contributed by atoms with van der Waals surface area (Å²) < 4.78 is 40.9. The third kappa shape index (κ3) is 3.41. The molecule has 0 unspecified atom stereocenters. The second-order valence-electron chi connectivity index (χ2n) is 4.09. The molecule has 0 bridgehead atoms. The largest absolute Gasteiger partial charge is 0.379 e. The first kappa shape index (κ1) is 13.7. The van der Waals surface area contributed by atoms with Crippen molar-refractivity contribution < 1.29 is 17.5 Å². The maximum absolute atomic E-state index is 13.6. The molecule has 4 nitrogen and oxygen atoms in total. The Morgan fingerprint density at radius 3 is 2.56 bits per heavy atom. The topological polar surface area (TPSA) is 46.6 Å². The molecule has 0 aliphatic carbocycles. The summed E-state index contributed by atoms with van der Waals surface area (Å²) in [6, 6.07) is 3.99. The third-order valence-corrected chi connectivity index (χ3v) is 4.12. The van der Waals surface area contributed by atoms with Crippen molar-refractivity contribution in [3.63, 3.8) is 0 Å². The van der Waals surface area contributed by atoms with E-state index in [0.29, 0.717) is 19.8 Å². The van der Waals surface area contributed by atoms with Crippen LogP contribution < -0.4 is 0 Å². The van der Waals surface area contributed by atoms with E-state index in [1.807, 2.05) is 0 Å². The van der Waals surface area contributed by atoms with Gasteiger partial charge in [0, 0.05) is 30.3 Å². The summed E-state index contributed by atoms with van der Waals surface area (Å²) in [7, 11) is 1.09. The number of morpholine rings is 1. The Morgan fingerprint density at radius 1 is 1.33 bits per heavy atom. The van der Waals surface area contributed by atoms with E-state index in [2.05, 4.69) is 4.90 Å². The van der Waals surface area contributed by atoms with Gasteiger partial charge in [0.05, 0.1) is 13.2 Å². The quantitative estimate of drug-likeness (QED) is 0.794. The van der Waals surface area contributed by atoms with Gasteiger partial charge in [-0.15, -0.1) is 0 Å². The Bertz CT molecular complexity index is 529. The Kier molecular flexibility index (Phi) is 4.21. The van der Waals surface area contributed by atoms with Gasteiger partial charge in [-0.25, -0.2) is 12.8 Å². The van der Waals surface area contributed by atoms with Gasteiger partial charge >= 0.3 is 0 Å². The van der Waals surface area contributed by atoms with Crippen molar-refractivity contribution in [2.75, 3.05) is 26.3 Å². The molecular formula is C11H13ClFNO3S. The fraction of sp³-hybridized carbons (Fsp3) is 0.455. The number of rotatable bonds is 3. The summed E-state index contributed by atoms with van der Waals surface area (Å²) in [5, 5.41) is 0. The van der Waals surface area contributed by atoms with Crippen LogP contribution in [0.3, 0.4) is 0 Å². The number of halogens is 2. The molecule has 100 valence electrons. The molecule has 0 atom stereocenters. The number of nitrogens with zero attached hydrogens (tertiary/aromatic N) is 1. The van der Waals surface area contributed by atoms with Crippen molar-refractivity contribution in [2.24, 2.45) is 0 Å². The van der Waals surface area contributed by atoms with Crippen LogP contribution in [0.25, 0.3) is 0 Å². The second-order valence-corrected chi connectivity index (χ2v) is 6.63. The van der Waals surface area contributed by atoms with E-state index in [1.54, 1.807) is 6.07 Å². The molecular weight excluding hydrogens is 281 g/mol. The lowest BCUT2D eigenvalue weighted by molar-refractivity contribution is 0.0341. The van der Waals surface area contributed by atoms with Gasteiger partial charge in [0.15, 0.2) is 0 Å². The molecule has 18 heavy (non-hydrogen) atoms. The van der Waals surface area contributed by atoms with Crippen molar-refractivity contribution in [2.45, 2.75) is 11.4 Å². The average molecular weight is 294 g/mol. The molecule has 2 rings (SSSR count). The van der Waals surface area contributed by atoms with E-state index >= 15 is 0 Å². The number of hydrogen-bond donors (Lipinski definition) is 0. The Hall–Kier alpha value is -0.690. The van der Waals surface area contributed by atoms with E-state index in [9.17, 15) is 12.8 Å². The van der Waals surface area contributed by atoms with Crippen molar-refractivity contribution >= 4 is 19.7 Å². The molecule has 0 aromatic heterocycles.